The Kier molecular flexibility index (Phi) is 5.40. The molecule has 88 valence electrons. The number of hydrogen-bond donors (Lipinski definition) is 2. The SMILES string of the molecule is CCCCCCNc1ccc(C(N)=O)cc1. The van der Waals surface area contributed by atoms with Crippen LogP contribution in [0.4, 0.5) is 5.69 Å². The maximum atomic E-state index is 10.8. The van der Waals surface area contributed by atoms with Crippen LogP contribution >= 0.6 is 0 Å². The van der Waals surface area contributed by atoms with E-state index in [2.05, 4.69) is 12.2 Å². The third kappa shape index (κ3) is 4.34. The van der Waals surface area contributed by atoms with Gasteiger partial charge in [-0.05, 0) is 30.7 Å². The van der Waals surface area contributed by atoms with Crippen molar-refractivity contribution in [2.24, 2.45) is 5.73 Å². The highest BCUT2D eigenvalue weighted by Crippen LogP contribution is 2.09. The molecule has 0 aliphatic heterocycles. The first-order chi connectivity index (χ1) is 7.74. The van der Waals surface area contributed by atoms with Gasteiger partial charge in [0.1, 0.15) is 0 Å². The van der Waals surface area contributed by atoms with Crippen LogP contribution in [0.5, 0.6) is 0 Å². The first-order valence-electron chi connectivity index (χ1n) is 5.87. The maximum Gasteiger partial charge on any atom is 0.248 e. The van der Waals surface area contributed by atoms with Gasteiger partial charge in [-0.2, -0.15) is 0 Å². The number of amides is 1. The number of nitrogens with one attached hydrogen (secondary N) is 1. The third-order valence-corrected chi connectivity index (χ3v) is 2.53. The second-order valence-corrected chi connectivity index (χ2v) is 3.93. The molecule has 3 heteroatoms. The Bertz CT molecular complexity index is 319. The fraction of sp³-hybridized carbons (Fsp3) is 0.462. The Morgan fingerprint density at radius 3 is 2.44 bits per heavy atom. The molecule has 0 aliphatic rings. The van der Waals surface area contributed by atoms with E-state index in [0.29, 0.717) is 5.56 Å². The molecule has 0 saturated carbocycles. The minimum atomic E-state index is -0.380. The lowest BCUT2D eigenvalue weighted by molar-refractivity contribution is 0.100. The number of carbonyl (C=O) groups excluding carboxylic acids is 1. The van der Waals surface area contributed by atoms with Crippen molar-refractivity contribution in [2.45, 2.75) is 32.6 Å². The summed E-state index contributed by atoms with van der Waals surface area (Å²) < 4.78 is 0. The lowest BCUT2D eigenvalue weighted by Gasteiger charge is -2.06. The molecule has 1 rings (SSSR count). The number of unbranched alkanes of at least 4 members (excludes halogenated alkanes) is 3. The molecule has 0 unspecified atom stereocenters. The van der Waals surface area contributed by atoms with Gasteiger partial charge in [-0.1, -0.05) is 26.2 Å². The van der Waals surface area contributed by atoms with Gasteiger partial charge in [-0.3, -0.25) is 4.79 Å². The summed E-state index contributed by atoms with van der Waals surface area (Å²) >= 11 is 0. The highest BCUT2D eigenvalue weighted by Gasteiger charge is 1.98. The van der Waals surface area contributed by atoms with Gasteiger partial charge >= 0.3 is 0 Å². The van der Waals surface area contributed by atoms with Gasteiger partial charge < -0.3 is 11.1 Å². The highest BCUT2D eigenvalue weighted by atomic mass is 16.1. The molecule has 0 spiro atoms. The van der Waals surface area contributed by atoms with Crippen molar-refractivity contribution in [3.05, 3.63) is 29.8 Å². The number of rotatable bonds is 7. The molecule has 1 amide bonds. The molecule has 0 fully saturated rings. The molecule has 1 aromatic rings. The predicted molar refractivity (Wildman–Crippen MR) is 67.6 cm³/mol. The zero-order valence-electron chi connectivity index (χ0n) is 9.83. The number of nitrogens with two attached hydrogens (primary N) is 1. The molecule has 1 aromatic carbocycles. The van der Waals surface area contributed by atoms with Crippen molar-refractivity contribution in [3.8, 4) is 0 Å². The molecule has 0 bridgehead atoms. The van der Waals surface area contributed by atoms with Gasteiger partial charge in [0.25, 0.3) is 0 Å². The summed E-state index contributed by atoms with van der Waals surface area (Å²) in [6.07, 6.45) is 5.00. The molecular weight excluding hydrogens is 200 g/mol. The third-order valence-electron chi connectivity index (χ3n) is 2.53. The average Bonchev–Trinajstić information content (AvgIpc) is 2.29. The van der Waals surface area contributed by atoms with Crippen LogP contribution in [0.3, 0.4) is 0 Å². The summed E-state index contributed by atoms with van der Waals surface area (Å²) in [6.45, 7) is 3.19. The summed E-state index contributed by atoms with van der Waals surface area (Å²) in [5.41, 5.74) is 6.75. The maximum absolute atomic E-state index is 10.8. The fourth-order valence-electron chi connectivity index (χ4n) is 1.54. The predicted octanol–water partition coefficient (Wildman–Crippen LogP) is 2.78. The van der Waals surface area contributed by atoms with E-state index in [1.54, 1.807) is 12.1 Å². The number of carbonyl (C=O) groups is 1. The monoisotopic (exact) mass is 220 g/mol. The van der Waals surface area contributed by atoms with Gasteiger partial charge in [-0.25, -0.2) is 0 Å². The molecule has 0 aliphatic carbocycles. The summed E-state index contributed by atoms with van der Waals surface area (Å²) in [5.74, 6) is -0.380. The van der Waals surface area contributed by atoms with E-state index in [4.69, 9.17) is 5.73 Å². The van der Waals surface area contributed by atoms with E-state index in [1.807, 2.05) is 12.1 Å². The van der Waals surface area contributed by atoms with E-state index >= 15 is 0 Å². The van der Waals surface area contributed by atoms with E-state index in [9.17, 15) is 4.79 Å². The molecule has 0 atom stereocenters. The number of benzene rings is 1. The Morgan fingerprint density at radius 1 is 1.19 bits per heavy atom. The van der Waals surface area contributed by atoms with E-state index in [0.717, 1.165) is 12.2 Å². The molecular formula is C13H20N2O. The first-order valence-corrected chi connectivity index (χ1v) is 5.87. The summed E-state index contributed by atoms with van der Waals surface area (Å²) in [6, 6.07) is 7.27. The van der Waals surface area contributed by atoms with Crippen LogP contribution in [0.15, 0.2) is 24.3 Å². The van der Waals surface area contributed by atoms with Crippen LogP contribution in [0.2, 0.25) is 0 Å². The molecule has 0 saturated heterocycles. The van der Waals surface area contributed by atoms with Crippen LogP contribution in [0, 0.1) is 0 Å². The van der Waals surface area contributed by atoms with Gasteiger partial charge in [0.15, 0.2) is 0 Å². The first kappa shape index (κ1) is 12.6. The normalized spacial score (nSPS) is 10.1. The second kappa shape index (κ2) is 6.88. The Hall–Kier alpha value is -1.51. The highest BCUT2D eigenvalue weighted by molar-refractivity contribution is 5.93. The molecule has 3 N–H and O–H groups in total. The Labute approximate surface area is 97.0 Å². The molecule has 0 aromatic heterocycles. The van der Waals surface area contributed by atoms with Crippen LogP contribution in [-0.2, 0) is 0 Å². The van der Waals surface area contributed by atoms with Crippen LogP contribution in [0.1, 0.15) is 43.0 Å². The number of primary amides is 1. The van der Waals surface area contributed by atoms with E-state index in [1.165, 1.54) is 25.7 Å². The molecule has 3 nitrogen and oxygen atoms in total. The van der Waals surface area contributed by atoms with Crippen LogP contribution < -0.4 is 11.1 Å². The summed E-state index contributed by atoms with van der Waals surface area (Å²) in [5, 5.41) is 3.32. The van der Waals surface area contributed by atoms with Crippen molar-refractivity contribution in [1.29, 1.82) is 0 Å². The van der Waals surface area contributed by atoms with Crippen LogP contribution in [0.25, 0.3) is 0 Å². The fourth-order valence-corrected chi connectivity index (χ4v) is 1.54. The Balaban J connectivity index is 2.29. The minimum Gasteiger partial charge on any atom is -0.385 e. The van der Waals surface area contributed by atoms with Gasteiger partial charge in [0.2, 0.25) is 5.91 Å². The standard InChI is InChI=1S/C13H20N2O/c1-2-3-4-5-10-15-12-8-6-11(7-9-12)13(14)16/h6-9,15H,2-5,10H2,1H3,(H2,14,16). The smallest absolute Gasteiger partial charge is 0.248 e. The number of anilines is 1. The zero-order valence-corrected chi connectivity index (χ0v) is 9.83. The minimum absolute atomic E-state index is 0.380. The lowest BCUT2D eigenvalue weighted by Crippen LogP contribution is -2.10. The van der Waals surface area contributed by atoms with Crippen LogP contribution in [-0.4, -0.2) is 12.5 Å². The topological polar surface area (TPSA) is 55.1 Å². The summed E-state index contributed by atoms with van der Waals surface area (Å²) in [4.78, 5) is 10.8. The zero-order chi connectivity index (χ0) is 11.8. The van der Waals surface area contributed by atoms with Crippen molar-refractivity contribution in [2.75, 3.05) is 11.9 Å². The van der Waals surface area contributed by atoms with Gasteiger partial charge in [0.05, 0.1) is 0 Å². The molecule has 0 radical (unpaired) electrons. The quantitative estimate of drug-likeness (QED) is 0.694. The van der Waals surface area contributed by atoms with Gasteiger partial charge in [0, 0.05) is 17.8 Å². The summed E-state index contributed by atoms with van der Waals surface area (Å²) in [7, 11) is 0. The van der Waals surface area contributed by atoms with Gasteiger partial charge in [-0.15, -0.1) is 0 Å². The number of hydrogen-bond acceptors (Lipinski definition) is 2. The van der Waals surface area contributed by atoms with Crippen molar-refractivity contribution in [3.63, 3.8) is 0 Å². The average molecular weight is 220 g/mol. The molecule has 0 heterocycles. The molecule has 16 heavy (non-hydrogen) atoms. The van der Waals surface area contributed by atoms with E-state index < -0.39 is 0 Å². The van der Waals surface area contributed by atoms with Crippen molar-refractivity contribution < 1.29 is 4.79 Å². The van der Waals surface area contributed by atoms with E-state index in [-0.39, 0.29) is 5.91 Å². The second-order valence-electron chi connectivity index (χ2n) is 3.93. The Morgan fingerprint density at radius 2 is 1.88 bits per heavy atom. The lowest BCUT2D eigenvalue weighted by atomic mass is 10.2. The van der Waals surface area contributed by atoms with Crippen molar-refractivity contribution in [1.82, 2.24) is 0 Å². The largest absolute Gasteiger partial charge is 0.385 e. The van der Waals surface area contributed by atoms with Crippen molar-refractivity contribution >= 4 is 11.6 Å².